The molecular weight excluding hydrogens is 368 g/mol. The number of nitrogens with one attached hydrogen (secondary N) is 1. The molecule has 1 aliphatic heterocycles. The van der Waals surface area contributed by atoms with Gasteiger partial charge >= 0.3 is 5.97 Å². The van der Waals surface area contributed by atoms with Crippen LogP contribution in [-0.2, 0) is 14.4 Å². The average molecular weight is 385 g/mol. The highest BCUT2D eigenvalue weighted by Gasteiger charge is 2.37. The predicted octanol–water partition coefficient (Wildman–Crippen LogP) is 0.754. The SMILES string of the molecule is CC(O)(CNC(=O)C1CC(=O)N(c2ccccc2Br)C1)C(=O)O. The number of carboxylic acids is 1. The maximum atomic E-state index is 12.1. The summed E-state index contributed by atoms with van der Waals surface area (Å²) >= 11 is 3.37. The number of para-hydroxylation sites is 1. The summed E-state index contributed by atoms with van der Waals surface area (Å²) in [5.74, 6) is -2.63. The molecule has 8 heteroatoms. The van der Waals surface area contributed by atoms with E-state index in [1.54, 1.807) is 18.2 Å². The largest absolute Gasteiger partial charge is 0.479 e. The lowest BCUT2D eigenvalue weighted by Gasteiger charge is -2.20. The van der Waals surface area contributed by atoms with Crippen molar-refractivity contribution in [3.63, 3.8) is 0 Å². The van der Waals surface area contributed by atoms with Gasteiger partial charge in [-0.2, -0.15) is 0 Å². The van der Waals surface area contributed by atoms with E-state index in [1.807, 2.05) is 6.07 Å². The van der Waals surface area contributed by atoms with Crippen LogP contribution in [0.25, 0.3) is 0 Å². The van der Waals surface area contributed by atoms with Gasteiger partial charge in [0.1, 0.15) is 0 Å². The molecule has 1 heterocycles. The number of carboxylic acid groups (broad SMARTS) is 1. The Morgan fingerprint density at radius 2 is 2.09 bits per heavy atom. The number of nitrogens with zero attached hydrogens (tertiary/aromatic N) is 1. The predicted molar refractivity (Wildman–Crippen MR) is 85.9 cm³/mol. The average Bonchev–Trinajstić information content (AvgIpc) is 2.87. The zero-order valence-corrected chi connectivity index (χ0v) is 14.0. The maximum Gasteiger partial charge on any atom is 0.337 e. The highest BCUT2D eigenvalue weighted by molar-refractivity contribution is 9.10. The van der Waals surface area contributed by atoms with Crippen molar-refractivity contribution in [2.75, 3.05) is 18.0 Å². The lowest BCUT2D eigenvalue weighted by atomic mass is 10.1. The van der Waals surface area contributed by atoms with Crippen LogP contribution in [0.5, 0.6) is 0 Å². The second-order valence-corrected chi connectivity index (χ2v) is 6.51. The van der Waals surface area contributed by atoms with Crippen LogP contribution in [0.3, 0.4) is 0 Å². The molecule has 1 fully saturated rings. The molecule has 0 aliphatic carbocycles. The van der Waals surface area contributed by atoms with Crippen molar-refractivity contribution in [3.8, 4) is 0 Å². The number of benzene rings is 1. The Morgan fingerprint density at radius 1 is 1.43 bits per heavy atom. The van der Waals surface area contributed by atoms with Gasteiger partial charge in [-0.05, 0) is 35.0 Å². The molecule has 1 aromatic rings. The first-order valence-electron chi connectivity index (χ1n) is 7.01. The standard InChI is InChI=1S/C15H17BrN2O5/c1-15(23,14(21)22)8-17-13(20)9-6-12(19)18(7-9)11-5-3-2-4-10(11)16/h2-5,9,23H,6-8H2,1H3,(H,17,20)(H,21,22). The van der Waals surface area contributed by atoms with E-state index in [4.69, 9.17) is 5.11 Å². The number of anilines is 1. The molecule has 1 aliphatic rings. The zero-order valence-electron chi connectivity index (χ0n) is 12.5. The Balaban J connectivity index is 2.01. The van der Waals surface area contributed by atoms with Crippen molar-refractivity contribution in [2.24, 2.45) is 5.92 Å². The Labute approximate surface area is 141 Å². The van der Waals surface area contributed by atoms with Crippen LogP contribution >= 0.6 is 15.9 Å². The van der Waals surface area contributed by atoms with E-state index in [9.17, 15) is 19.5 Å². The number of amides is 2. The van der Waals surface area contributed by atoms with E-state index in [0.29, 0.717) is 5.69 Å². The van der Waals surface area contributed by atoms with E-state index in [1.165, 1.54) is 4.90 Å². The molecule has 0 radical (unpaired) electrons. The van der Waals surface area contributed by atoms with Crippen molar-refractivity contribution in [1.29, 1.82) is 0 Å². The van der Waals surface area contributed by atoms with Crippen LogP contribution in [0.15, 0.2) is 28.7 Å². The van der Waals surface area contributed by atoms with E-state index in [-0.39, 0.29) is 18.9 Å². The number of halogens is 1. The monoisotopic (exact) mass is 384 g/mol. The number of aliphatic carboxylic acids is 1. The first kappa shape index (κ1) is 17.4. The molecular formula is C15H17BrN2O5. The molecule has 0 saturated carbocycles. The Kier molecular flexibility index (Phi) is 5.06. The zero-order chi connectivity index (χ0) is 17.2. The molecule has 0 spiro atoms. The van der Waals surface area contributed by atoms with Crippen molar-refractivity contribution in [1.82, 2.24) is 5.32 Å². The van der Waals surface area contributed by atoms with Gasteiger partial charge in [0, 0.05) is 17.4 Å². The Morgan fingerprint density at radius 3 is 2.70 bits per heavy atom. The highest BCUT2D eigenvalue weighted by atomic mass is 79.9. The van der Waals surface area contributed by atoms with Gasteiger partial charge in [-0.1, -0.05) is 12.1 Å². The normalized spacial score (nSPS) is 20.2. The molecule has 23 heavy (non-hydrogen) atoms. The summed E-state index contributed by atoms with van der Waals surface area (Å²) in [6, 6.07) is 7.20. The van der Waals surface area contributed by atoms with Crippen LogP contribution in [0, 0.1) is 5.92 Å². The van der Waals surface area contributed by atoms with Gasteiger partial charge in [0.2, 0.25) is 11.8 Å². The van der Waals surface area contributed by atoms with Gasteiger partial charge in [0.15, 0.2) is 5.60 Å². The summed E-state index contributed by atoms with van der Waals surface area (Å²) in [5.41, 5.74) is -1.36. The maximum absolute atomic E-state index is 12.1. The van der Waals surface area contributed by atoms with Crippen LogP contribution < -0.4 is 10.2 Å². The lowest BCUT2D eigenvalue weighted by molar-refractivity contribution is -0.156. The fraction of sp³-hybridized carbons (Fsp3) is 0.400. The Bertz CT molecular complexity index is 647. The van der Waals surface area contributed by atoms with Crippen LogP contribution in [0.4, 0.5) is 5.69 Å². The van der Waals surface area contributed by atoms with Crippen LogP contribution in [-0.4, -0.2) is 46.7 Å². The third-order valence-electron chi connectivity index (χ3n) is 3.71. The number of carbonyl (C=O) groups is 3. The minimum Gasteiger partial charge on any atom is -0.479 e. The van der Waals surface area contributed by atoms with E-state index in [0.717, 1.165) is 11.4 Å². The number of hydrogen-bond donors (Lipinski definition) is 3. The Hall–Kier alpha value is -1.93. The smallest absolute Gasteiger partial charge is 0.337 e. The molecule has 124 valence electrons. The molecule has 0 bridgehead atoms. The molecule has 1 saturated heterocycles. The molecule has 1 aromatic carbocycles. The number of hydrogen-bond acceptors (Lipinski definition) is 4. The van der Waals surface area contributed by atoms with E-state index >= 15 is 0 Å². The van der Waals surface area contributed by atoms with Crippen LogP contribution in [0.2, 0.25) is 0 Å². The molecule has 2 unspecified atom stereocenters. The second kappa shape index (κ2) is 6.67. The summed E-state index contributed by atoms with van der Waals surface area (Å²) in [4.78, 5) is 36.6. The van der Waals surface area contributed by atoms with Crippen molar-refractivity contribution in [2.45, 2.75) is 18.9 Å². The van der Waals surface area contributed by atoms with E-state index in [2.05, 4.69) is 21.2 Å². The first-order valence-corrected chi connectivity index (χ1v) is 7.80. The minimum atomic E-state index is -2.04. The third-order valence-corrected chi connectivity index (χ3v) is 4.38. The molecule has 7 nitrogen and oxygen atoms in total. The number of rotatable bonds is 5. The summed E-state index contributed by atoms with van der Waals surface area (Å²) in [7, 11) is 0. The highest BCUT2D eigenvalue weighted by Crippen LogP contribution is 2.31. The van der Waals surface area contributed by atoms with Crippen molar-refractivity contribution < 1.29 is 24.6 Å². The van der Waals surface area contributed by atoms with Gasteiger partial charge in [-0.15, -0.1) is 0 Å². The van der Waals surface area contributed by atoms with E-state index < -0.39 is 29.9 Å². The van der Waals surface area contributed by atoms with Gasteiger partial charge in [-0.3, -0.25) is 9.59 Å². The van der Waals surface area contributed by atoms with Gasteiger partial charge in [0.05, 0.1) is 18.2 Å². The summed E-state index contributed by atoms with van der Waals surface area (Å²) in [6.45, 7) is 0.895. The summed E-state index contributed by atoms with van der Waals surface area (Å²) in [5, 5.41) is 20.8. The third kappa shape index (κ3) is 3.89. The molecule has 2 amide bonds. The minimum absolute atomic E-state index is 0.0440. The first-order chi connectivity index (χ1) is 10.7. The summed E-state index contributed by atoms with van der Waals surface area (Å²) < 4.78 is 0.753. The van der Waals surface area contributed by atoms with Crippen molar-refractivity contribution in [3.05, 3.63) is 28.7 Å². The molecule has 2 atom stereocenters. The molecule has 0 aromatic heterocycles. The van der Waals surface area contributed by atoms with Gasteiger partial charge in [-0.25, -0.2) is 4.79 Å². The summed E-state index contributed by atoms with van der Waals surface area (Å²) in [6.07, 6.45) is 0.0440. The van der Waals surface area contributed by atoms with Gasteiger partial charge in [0.25, 0.3) is 0 Å². The molecule has 2 rings (SSSR count). The van der Waals surface area contributed by atoms with Crippen molar-refractivity contribution >= 4 is 39.4 Å². The fourth-order valence-corrected chi connectivity index (χ4v) is 2.76. The fourth-order valence-electron chi connectivity index (χ4n) is 2.27. The number of aliphatic hydroxyl groups is 1. The van der Waals surface area contributed by atoms with Crippen LogP contribution in [0.1, 0.15) is 13.3 Å². The lowest BCUT2D eigenvalue weighted by Crippen LogP contribution is -2.48. The second-order valence-electron chi connectivity index (χ2n) is 5.65. The molecule has 3 N–H and O–H groups in total. The number of carbonyl (C=O) groups excluding carboxylic acids is 2. The topological polar surface area (TPSA) is 107 Å². The van der Waals surface area contributed by atoms with Gasteiger partial charge < -0.3 is 20.4 Å². The quantitative estimate of drug-likeness (QED) is 0.694.